The van der Waals surface area contributed by atoms with Gasteiger partial charge in [0, 0.05) is 17.1 Å². The zero-order valence-corrected chi connectivity index (χ0v) is 13.0. The highest BCUT2D eigenvalue weighted by Crippen LogP contribution is 2.18. The normalized spacial score (nSPS) is 11.7. The summed E-state index contributed by atoms with van der Waals surface area (Å²) in [6.07, 6.45) is 2.16. The van der Waals surface area contributed by atoms with Gasteiger partial charge in [-0.25, -0.2) is 4.99 Å². The highest BCUT2D eigenvalue weighted by atomic mass is 16.2. The van der Waals surface area contributed by atoms with E-state index in [4.69, 9.17) is 5.73 Å². The average Bonchev–Trinajstić information content (AvgIpc) is 3.00. The molecular formula is C16H19N5O3. The molecule has 8 heteroatoms. The number of para-hydroxylation sites is 1. The predicted molar refractivity (Wildman–Crippen MR) is 90.6 cm³/mol. The molecule has 0 saturated carbocycles. The Hall–Kier alpha value is -3.00. The highest BCUT2D eigenvalue weighted by molar-refractivity contribution is 5.91. The van der Waals surface area contributed by atoms with Gasteiger partial charge in [0.1, 0.15) is 0 Å². The van der Waals surface area contributed by atoms with Gasteiger partial charge in [-0.15, -0.1) is 0 Å². The first-order valence-electron chi connectivity index (χ1n) is 7.35. The fourth-order valence-electron chi connectivity index (χ4n) is 2.22. The molecule has 0 bridgehead atoms. The third-order valence-corrected chi connectivity index (χ3v) is 3.49. The summed E-state index contributed by atoms with van der Waals surface area (Å²) in [5.74, 6) is -1.49. The van der Waals surface area contributed by atoms with Crippen molar-refractivity contribution in [2.45, 2.75) is 12.5 Å². The van der Waals surface area contributed by atoms with Crippen molar-refractivity contribution < 1.29 is 14.4 Å². The van der Waals surface area contributed by atoms with Gasteiger partial charge in [0.2, 0.25) is 11.8 Å². The number of H-pyrrole nitrogens is 1. The van der Waals surface area contributed by atoms with Crippen LogP contribution in [-0.4, -0.2) is 48.6 Å². The molecule has 1 heterocycles. The van der Waals surface area contributed by atoms with Crippen molar-refractivity contribution in [3.63, 3.8) is 0 Å². The first-order valence-corrected chi connectivity index (χ1v) is 7.35. The van der Waals surface area contributed by atoms with Crippen LogP contribution in [0.5, 0.6) is 0 Å². The van der Waals surface area contributed by atoms with Gasteiger partial charge in [0.25, 0.3) is 5.91 Å². The molecule has 0 radical (unpaired) electrons. The van der Waals surface area contributed by atoms with Crippen molar-refractivity contribution in [3.8, 4) is 0 Å². The molecule has 1 aromatic heterocycles. The lowest BCUT2D eigenvalue weighted by molar-refractivity contribution is -0.127. The van der Waals surface area contributed by atoms with E-state index >= 15 is 0 Å². The molecule has 24 heavy (non-hydrogen) atoms. The van der Waals surface area contributed by atoms with Crippen molar-refractivity contribution in [2.24, 2.45) is 10.7 Å². The lowest BCUT2D eigenvalue weighted by Crippen LogP contribution is -2.46. The lowest BCUT2D eigenvalue weighted by Gasteiger charge is -2.11. The Morgan fingerprint density at radius 1 is 1.21 bits per heavy atom. The van der Waals surface area contributed by atoms with Gasteiger partial charge in [-0.1, -0.05) is 18.2 Å². The lowest BCUT2D eigenvalue weighted by atomic mass is 10.1. The quantitative estimate of drug-likeness (QED) is 0.510. The van der Waals surface area contributed by atoms with Gasteiger partial charge < -0.3 is 21.4 Å². The Bertz CT molecular complexity index is 768. The number of carbonyl (C=O) groups excluding carboxylic acids is 3. The molecule has 5 N–H and O–H groups in total. The Morgan fingerprint density at radius 3 is 2.71 bits per heavy atom. The number of nitrogens with two attached hydrogens (primary N) is 1. The molecule has 8 nitrogen and oxygen atoms in total. The number of nitrogens with one attached hydrogen (secondary N) is 3. The van der Waals surface area contributed by atoms with Crippen LogP contribution < -0.4 is 16.4 Å². The molecule has 0 fully saturated rings. The van der Waals surface area contributed by atoms with Gasteiger partial charge in [0.05, 0.1) is 19.1 Å². The second-order valence-electron chi connectivity index (χ2n) is 5.22. The van der Waals surface area contributed by atoms with E-state index in [2.05, 4.69) is 27.3 Å². The Morgan fingerprint density at radius 2 is 1.96 bits per heavy atom. The standard InChI is InChI=1S/C16H19N5O3/c1-18-14(22)8-20-15(23)9-21-16(24)12(17)6-10-7-19-13-5-3-2-4-11(10)13/h2-5,7,12,19H,1,6,8-9,17H2,(H,20,23)(H,21,24). The molecule has 1 aromatic carbocycles. The zero-order chi connectivity index (χ0) is 17.5. The molecule has 1 atom stereocenters. The monoisotopic (exact) mass is 329 g/mol. The molecule has 0 spiro atoms. The van der Waals surface area contributed by atoms with E-state index in [9.17, 15) is 14.4 Å². The zero-order valence-electron chi connectivity index (χ0n) is 13.0. The van der Waals surface area contributed by atoms with Crippen LogP contribution in [0.1, 0.15) is 5.56 Å². The number of benzene rings is 1. The molecule has 0 aliphatic heterocycles. The van der Waals surface area contributed by atoms with Crippen LogP contribution in [0.2, 0.25) is 0 Å². The Balaban J connectivity index is 1.83. The maximum atomic E-state index is 12.0. The molecule has 2 aromatic rings. The van der Waals surface area contributed by atoms with Gasteiger partial charge in [-0.2, -0.15) is 0 Å². The number of aliphatic imine (C=N–C) groups is 1. The van der Waals surface area contributed by atoms with E-state index in [1.165, 1.54) is 0 Å². The van der Waals surface area contributed by atoms with Crippen LogP contribution >= 0.6 is 0 Å². The highest BCUT2D eigenvalue weighted by Gasteiger charge is 2.17. The minimum atomic E-state index is -0.784. The van der Waals surface area contributed by atoms with Crippen LogP contribution in [0.15, 0.2) is 35.5 Å². The van der Waals surface area contributed by atoms with Crippen LogP contribution in [-0.2, 0) is 20.8 Å². The van der Waals surface area contributed by atoms with Gasteiger partial charge in [-0.05, 0) is 24.8 Å². The van der Waals surface area contributed by atoms with E-state index < -0.39 is 23.8 Å². The number of fused-ring (bicyclic) bond motifs is 1. The summed E-state index contributed by atoms with van der Waals surface area (Å²) in [4.78, 5) is 40.6. The smallest absolute Gasteiger partial charge is 0.264 e. The number of aromatic amines is 1. The van der Waals surface area contributed by atoms with Gasteiger partial charge in [0.15, 0.2) is 0 Å². The molecule has 0 saturated heterocycles. The van der Waals surface area contributed by atoms with Gasteiger partial charge in [-0.3, -0.25) is 14.4 Å². The number of hydrogen-bond donors (Lipinski definition) is 4. The number of carbonyl (C=O) groups is 3. The first-order chi connectivity index (χ1) is 11.5. The van der Waals surface area contributed by atoms with Gasteiger partial charge >= 0.3 is 0 Å². The SMILES string of the molecule is C=NC(=O)CNC(=O)CNC(=O)C(N)Cc1c[nH]c2ccccc12. The summed E-state index contributed by atoms with van der Waals surface area (Å²) >= 11 is 0. The third-order valence-electron chi connectivity index (χ3n) is 3.49. The minimum Gasteiger partial charge on any atom is -0.361 e. The fraction of sp³-hybridized carbons (Fsp3) is 0.250. The molecule has 2 rings (SSSR count). The van der Waals surface area contributed by atoms with E-state index in [0.29, 0.717) is 6.42 Å². The predicted octanol–water partition coefficient (Wildman–Crippen LogP) is -0.503. The van der Waals surface area contributed by atoms with E-state index in [0.717, 1.165) is 16.5 Å². The number of amides is 3. The summed E-state index contributed by atoms with van der Waals surface area (Å²) < 4.78 is 0. The third kappa shape index (κ3) is 4.50. The molecule has 3 amide bonds. The summed E-state index contributed by atoms with van der Waals surface area (Å²) in [5.41, 5.74) is 7.80. The maximum Gasteiger partial charge on any atom is 0.264 e. The van der Waals surface area contributed by atoms with Crippen molar-refractivity contribution in [3.05, 3.63) is 36.0 Å². The van der Waals surface area contributed by atoms with E-state index in [-0.39, 0.29) is 13.1 Å². The summed E-state index contributed by atoms with van der Waals surface area (Å²) in [5, 5.41) is 5.76. The average molecular weight is 329 g/mol. The van der Waals surface area contributed by atoms with Crippen LogP contribution in [0.3, 0.4) is 0 Å². The second-order valence-corrected chi connectivity index (χ2v) is 5.22. The van der Waals surface area contributed by atoms with E-state index in [1.807, 2.05) is 30.5 Å². The molecule has 126 valence electrons. The molecule has 0 aliphatic rings. The van der Waals surface area contributed by atoms with E-state index in [1.54, 1.807) is 0 Å². The Labute approximate surface area is 138 Å². The molecule has 1 unspecified atom stereocenters. The summed E-state index contributed by atoms with van der Waals surface area (Å²) in [6.45, 7) is 2.54. The van der Waals surface area contributed by atoms with Crippen LogP contribution in [0, 0.1) is 0 Å². The van der Waals surface area contributed by atoms with Crippen molar-refractivity contribution >= 4 is 35.3 Å². The first kappa shape index (κ1) is 17.4. The minimum absolute atomic E-state index is 0.250. The molecular weight excluding hydrogens is 310 g/mol. The van der Waals surface area contributed by atoms with Crippen molar-refractivity contribution in [1.29, 1.82) is 0 Å². The van der Waals surface area contributed by atoms with Crippen molar-refractivity contribution in [2.75, 3.05) is 13.1 Å². The second kappa shape index (κ2) is 8.02. The maximum absolute atomic E-state index is 12.0. The largest absolute Gasteiger partial charge is 0.361 e. The fourth-order valence-corrected chi connectivity index (χ4v) is 2.22. The number of aromatic nitrogens is 1. The number of hydrogen-bond acceptors (Lipinski definition) is 4. The Kier molecular flexibility index (Phi) is 5.80. The topological polar surface area (TPSA) is 129 Å². The summed E-state index contributed by atoms with van der Waals surface area (Å²) in [7, 11) is 0. The number of rotatable bonds is 7. The van der Waals surface area contributed by atoms with Crippen LogP contribution in [0.4, 0.5) is 0 Å². The van der Waals surface area contributed by atoms with Crippen molar-refractivity contribution in [1.82, 2.24) is 15.6 Å². The number of nitrogens with zero attached hydrogens (tertiary/aromatic N) is 1. The molecule has 0 aliphatic carbocycles. The van der Waals surface area contributed by atoms with Crippen LogP contribution in [0.25, 0.3) is 10.9 Å². The summed E-state index contributed by atoms with van der Waals surface area (Å²) in [6, 6.07) is 6.93.